The number of benzene rings is 2. The number of hydrogen-bond acceptors (Lipinski definition) is 4. The Morgan fingerprint density at radius 1 is 1.03 bits per heavy atom. The van der Waals surface area contributed by atoms with Gasteiger partial charge in [-0.2, -0.15) is 18.3 Å². The van der Waals surface area contributed by atoms with Gasteiger partial charge in [0.1, 0.15) is 5.75 Å². The monoisotopic (exact) mass is 485 g/mol. The molecule has 6 nitrogen and oxygen atoms in total. The number of amides is 1. The van der Waals surface area contributed by atoms with E-state index >= 15 is 0 Å². The van der Waals surface area contributed by atoms with Crippen molar-refractivity contribution in [2.75, 3.05) is 7.05 Å². The van der Waals surface area contributed by atoms with Gasteiger partial charge < -0.3 is 9.64 Å². The van der Waals surface area contributed by atoms with Crippen molar-refractivity contribution in [3.63, 3.8) is 0 Å². The molecule has 0 aliphatic heterocycles. The van der Waals surface area contributed by atoms with E-state index in [1.54, 1.807) is 0 Å². The molecule has 0 fully saturated rings. The molecule has 12 heteroatoms. The van der Waals surface area contributed by atoms with Gasteiger partial charge in [-0.1, -0.05) is 24.3 Å². The van der Waals surface area contributed by atoms with Gasteiger partial charge in [-0.15, -0.1) is 13.2 Å². The van der Waals surface area contributed by atoms with Crippen LogP contribution in [0.2, 0.25) is 0 Å². The summed E-state index contributed by atoms with van der Waals surface area (Å²) >= 11 is 0. The van der Waals surface area contributed by atoms with Gasteiger partial charge >= 0.3 is 12.5 Å². The van der Waals surface area contributed by atoms with Crippen LogP contribution in [0.3, 0.4) is 0 Å². The van der Waals surface area contributed by atoms with Crippen molar-refractivity contribution >= 4 is 5.91 Å². The van der Waals surface area contributed by atoms with Crippen LogP contribution in [-0.2, 0) is 12.7 Å². The molecule has 0 bridgehead atoms. The molecule has 0 unspecified atom stereocenters. The molecular formula is C22H17F6N3O3. The number of halogens is 6. The first-order valence-electron chi connectivity index (χ1n) is 9.64. The second kappa shape index (κ2) is 9.20. The zero-order valence-corrected chi connectivity index (χ0v) is 17.7. The van der Waals surface area contributed by atoms with Crippen molar-refractivity contribution in [2.45, 2.75) is 26.0 Å². The van der Waals surface area contributed by atoms with E-state index in [1.165, 1.54) is 38.2 Å². The molecule has 0 saturated carbocycles. The second-order valence-electron chi connectivity index (χ2n) is 7.28. The molecule has 0 atom stereocenters. The number of ether oxygens (including phenoxy) is 1. The molecule has 0 aliphatic carbocycles. The number of carbonyl (C=O) groups is 1. The molecule has 0 N–H and O–H groups in total. The predicted octanol–water partition coefficient (Wildman–Crippen LogP) is 4.73. The fourth-order valence-corrected chi connectivity index (χ4v) is 3.14. The minimum atomic E-state index is -4.95. The molecular weight excluding hydrogens is 468 g/mol. The van der Waals surface area contributed by atoms with E-state index in [0.717, 1.165) is 39.9 Å². The van der Waals surface area contributed by atoms with E-state index in [1.807, 2.05) is 0 Å². The van der Waals surface area contributed by atoms with Crippen molar-refractivity contribution in [3.8, 4) is 11.4 Å². The van der Waals surface area contributed by atoms with Crippen LogP contribution in [0, 0.1) is 6.92 Å². The summed E-state index contributed by atoms with van der Waals surface area (Å²) in [6.45, 7) is 1.07. The number of nitrogens with zero attached hydrogens (tertiary/aromatic N) is 3. The van der Waals surface area contributed by atoms with Crippen LogP contribution < -0.4 is 10.2 Å². The Morgan fingerprint density at radius 3 is 2.35 bits per heavy atom. The summed E-state index contributed by atoms with van der Waals surface area (Å²) in [6.07, 6.45) is -9.57. The molecule has 3 rings (SSSR count). The van der Waals surface area contributed by atoms with Gasteiger partial charge in [0.25, 0.3) is 5.91 Å². The maximum Gasteiger partial charge on any atom is 0.573 e. The largest absolute Gasteiger partial charge is 0.573 e. The lowest BCUT2D eigenvalue weighted by Crippen LogP contribution is -2.33. The van der Waals surface area contributed by atoms with E-state index in [0.29, 0.717) is 0 Å². The minimum absolute atomic E-state index is 0.0148. The Kier molecular flexibility index (Phi) is 6.71. The second-order valence-corrected chi connectivity index (χ2v) is 7.28. The van der Waals surface area contributed by atoms with Crippen LogP contribution in [0.25, 0.3) is 5.69 Å². The van der Waals surface area contributed by atoms with E-state index in [-0.39, 0.29) is 23.5 Å². The maximum absolute atomic E-state index is 13.1. The fraction of sp³-hybridized carbons (Fsp3) is 0.227. The maximum atomic E-state index is 13.1. The summed E-state index contributed by atoms with van der Waals surface area (Å²) in [6, 6.07) is 10.3. The van der Waals surface area contributed by atoms with Gasteiger partial charge in [-0.25, -0.2) is 4.68 Å². The molecule has 1 amide bonds. The molecule has 3 aromatic rings. The van der Waals surface area contributed by atoms with E-state index in [4.69, 9.17) is 0 Å². The van der Waals surface area contributed by atoms with E-state index in [2.05, 4.69) is 9.84 Å². The topological polar surface area (TPSA) is 64.4 Å². The lowest BCUT2D eigenvalue weighted by atomic mass is 10.1. The molecule has 1 heterocycles. The summed E-state index contributed by atoms with van der Waals surface area (Å²) in [7, 11) is 1.24. The number of hydrogen-bond donors (Lipinski definition) is 0. The summed E-state index contributed by atoms with van der Waals surface area (Å²) in [5, 5.41) is 3.94. The molecule has 34 heavy (non-hydrogen) atoms. The zero-order valence-electron chi connectivity index (χ0n) is 17.7. The smallest absolute Gasteiger partial charge is 0.405 e. The molecule has 0 spiro atoms. The Morgan fingerprint density at radius 2 is 1.71 bits per heavy atom. The van der Waals surface area contributed by atoms with Crippen LogP contribution in [-0.4, -0.2) is 34.0 Å². The Hall–Kier alpha value is -3.83. The van der Waals surface area contributed by atoms with Gasteiger partial charge in [0.15, 0.2) is 5.69 Å². The number of para-hydroxylation sites is 1. The Bertz CT molecular complexity index is 1270. The molecule has 0 aliphatic rings. The highest BCUT2D eigenvalue weighted by Gasteiger charge is 2.33. The zero-order chi connectivity index (χ0) is 25.3. The molecule has 0 radical (unpaired) electrons. The van der Waals surface area contributed by atoms with Crippen molar-refractivity contribution in [3.05, 3.63) is 87.3 Å². The lowest BCUT2D eigenvalue weighted by molar-refractivity contribution is -0.275. The van der Waals surface area contributed by atoms with E-state index in [9.17, 15) is 35.9 Å². The van der Waals surface area contributed by atoms with Gasteiger partial charge in [0.2, 0.25) is 5.43 Å². The quantitative estimate of drug-likeness (QED) is 0.491. The number of aryl methyl sites for hydroxylation is 1. The third-order valence-corrected chi connectivity index (χ3v) is 4.68. The summed E-state index contributed by atoms with van der Waals surface area (Å²) in [4.78, 5) is 26.3. The number of aromatic nitrogens is 2. The van der Waals surface area contributed by atoms with Gasteiger partial charge in [-0.05, 0) is 31.2 Å². The van der Waals surface area contributed by atoms with Crippen molar-refractivity contribution in [1.82, 2.24) is 14.7 Å². The number of carbonyl (C=O) groups excluding carboxylic acids is 1. The average molecular weight is 485 g/mol. The summed E-state index contributed by atoms with van der Waals surface area (Å²) in [5.74, 6) is -1.46. The molecule has 2 aromatic carbocycles. The van der Waals surface area contributed by atoms with Crippen LogP contribution in [0.1, 0.15) is 27.3 Å². The highest BCUT2D eigenvalue weighted by Crippen LogP contribution is 2.30. The molecule has 180 valence electrons. The standard InChI is InChI=1S/C22H17F6N3O3/c1-13-10-17(32)19(29-31(13)16-8-5-7-15(11-16)21(23,24)25)20(33)30(2)12-14-6-3-4-9-18(14)34-22(26,27)28/h3-11H,12H2,1-2H3. The highest BCUT2D eigenvalue weighted by atomic mass is 19.4. The minimum Gasteiger partial charge on any atom is -0.405 e. The fourth-order valence-electron chi connectivity index (χ4n) is 3.14. The molecule has 1 aromatic heterocycles. The summed E-state index contributed by atoms with van der Waals surface area (Å²) < 4.78 is 82.2. The number of rotatable bonds is 5. The number of alkyl halides is 6. The van der Waals surface area contributed by atoms with Crippen molar-refractivity contribution in [1.29, 1.82) is 0 Å². The highest BCUT2D eigenvalue weighted by molar-refractivity contribution is 5.91. The van der Waals surface area contributed by atoms with Crippen LogP contribution in [0.5, 0.6) is 5.75 Å². The summed E-state index contributed by atoms with van der Waals surface area (Å²) in [5.41, 5.74) is -2.20. The van der Waals surface area contributed by atoms with Crippen LogP contribution in [0.4, 0.5) is 26.3 Å². The van der Waals surface area contributed by atoms with Crippen LogP contribution in [0.15, 0.2) is 59.4 Å². The lowest BCUT2D eigenvalue weighted by Gasteiger charge is -2.20. The Labute approximate surface area is 189 Å². The van der Waals surface area contributed by atoms with Gasteiger partial charge in [-0.3, -0.25) is 9.59 Å². The first-order valence-corrected chi connectivity index (χ1v) is 9.64. The van der Waals surface area contributed by atoms with E-state index < -0.39 is 40.9 Å². The average Bonchev–Trinajstić information content (AvgIpc) is 2.73. The SMILES string of the molecule is Cc1cc(=O)c(C(=O)N(C)Cc2ccccc2OC(F)(F)F)nn1-c1cccc(C(F)(F)F)c1. The Balaban J connectivity index is 1.94. The molecule has 0 saturated heterocycles. The third kappa shape index (κ3) is 5.74. The van der Waals surface area contributed by atoms with Crippen molar-refractivity contribution < 1.29 is 35.9 Å². The predicted molar refractivity (Wildman–Crippen MR) is 108 cm³/mol. The van der Waals surface area contributed by atoms with Gasteiger partial charge in [0.05, 0.1) is 11.3 Å². The van der Waals surface area contributed by atoms with Gasteiger partial charge in [0, 0.05) is 30.9 Å². The normalized spacial score (nSPS) is 11.9. The first-order chi connectivity index (χ1) is 15.8. The first kappa shape index (κ1) is 24.8. The third-order valence-electron chi connectivity index (χ3n) is 4.68. The van der Waals surface area contributed by atoms with Crippen LogP contribution >= 0.6 is 0 Å². The van der Waals surface area contributed by atoms with Crippen molar-refractivity contribution in [2.24, 2.45) is 0 Å².